The molecule has 2 aliphatic rings. The van der Waals surface area contributed by atoms with E-state index in [0.29, 0.717) is 37.9 Å². The van der Waals surface area contributed by atoms with Crippen molar-refractivity contribution >= 4 is 23.5 Å². The number of carboxylic acid groups (broad SMARTS) is 1. The van der Waals surface area contributed by atoms with Gasteiger partial charge in [0.1, 0.15) is 0 Å². The van der Waals surface area contributed by atoms with Crippen LogP contribution in [0.5, 0.6) is 0 Å². The lowest BCUT2D eigenvalue weighted by Crippen LogP contribution is -2.34. The molecule has 0 unspecified atom stereocenters. The minimum absolute atomic E-state index is 0.116. The number of aliphatic carboxylic acids is 1. The van der Waals surface area contributed by atoms with Gasteiger partial charge < -0.3 is 15.3 Å². The van der Waals surface area contributed by atoms with Gasteiger partial charge in [-0.25, -0.2) is 0 Å². The van der Waals surface area contributed by atoms with Crippen molar-refractivity contribution in [3.63, 3.8) is 0 Å². The lowest BCUT2D eigenvalue weighted by Gasteiger charge is -2.27. The molecule has 1 aromatic carbocycles. The summed E-state index contributed by atoms with van der Waals surface area (Å²) in [5.74, 6) is -1.40. The van der Waals surface area contributed by atoms with E-state index in [4.69, 9.17) is 5.11 Å². The van der Waals surface area contributed by atoms with Crippen molar-refractivity contribution in [1.29, 1.82) is 0 Å². The standard InChI is InChI=1S/C19H24N2O4/c22-17-6-1-2-9-21(17)12-13-4-3-5-16(10-13)20-18(23)14-7-8-15(11-14)19(24)25/h3-5,10,14-15H,1-2,6-9,11-12H2,(H,20,23)(H,24,25)/t14-,15+/m0/s1. The molecule has 0 aromatic heterocycles. The van der Waals surface area contributed by atoms with Gasteiger partial charge in [-0.1, -0.05) is 12.1 Å². The van der Waals surface area contributed by atoms with Gasteiger partial charge in [0.15, 0.2) is 0 Å². The number of carbonyl (C=O) groups excluding carboxylic acids is 2. The van der Waals surface area contributed by atoms with Gasteiger partial charge in [-0.3, -0.25) is 14.4 Å². The van der Waals surface area contributed by atoms with E-state index in [1.54, 1.807) is 0 Å². The smallest absolute Gasteiger partial charge is 0.306 e. The summed E-state index contributed by atoms with van der Waals surface area (Å²) in [4.78, 5) is 37.2. The van der Waals surface area contributed by atoms with E-state index in [2.05, 4.69) is 5.32 Å². The van der Waals surface area contributed by atoms with E-state index in [1.807, 2.05) is 29.2 Å². The van der Waals surface area contributed by atoms with Crippen LogP contribution in [0, 0.1) is 11.8 Å². The molecule has 1 heterocycles. The molecule has 0 bridgehead atoms. The van der Waals surface area contributed by atoms with Crippen LogP contribution in [0.25, 0.3) is 0 Å². The Kier molecular flexibility index (Phi) is 5.36. The maximum Gasteiger partial charge on any atom is 0.306 e. The zero-order chi connectivity index (χ0) is 17.8. The molecule has 0 spiro atoms. The van der Waals surface area contributed by atoms with Crippen LogP contribution in [0.1, 0.15) is 44.1 Å². The maximum atomic E-state index is 12.4. The number of amides is 2. The molecule has 25 heavy (non-hydrogen) atoms. The van der Waals surface area contributed by atoms with E-state index in [-0.39, 0.29) is 17.7 Å². The van der Waals surface area contributed by atoms with Crippen LogP contribution >= 0.6 is 0 Å². The van der Waals surface area contributed by atoms with Crippen LogP contribution in [0.4, 0.5) is 5.69 Å². The molecular formula is C19H24N2O4. The lowest BCUT2D eigenvalue weighted by molar-refractivity contribution is -0.141. The summed E-state index contributed by atoms with van der Waals surface area (Å²) in [6.45, 7) is 1.35. The highest BCUT2D eigenvalue weighted by Crippen LogP contribution is 2.32. The molecule has 1 aliphatic carbocycles. The topological polar surface area (TPSA) is 86.7 Å². The summed E-state index contributed by atoms with van der Waals surface area (Å²) in [7, 11) is 0. The van der Waals surface area contributed by atoms with E-state index >= 15 is 0 Å². The summed E-state index contributed by atoms with van der Waals surface area (Å²) >= 11 is 0. The Labute approximate surface area is 147 Å². The van der Waals surface area contributed by atoms with Crippen molar-refractivity contribution in [2.24, 2.45) is 11.8 Å². The number of likely N-dealkylation sites (tertiary alicyclic amines) is 1. The first-order valence-electron chi connectivity index (χ1n) is 8.93. The quantitative estimate of drug-likeness (QED) is 0.860. The van der Waals surface area contributed by atoms with Gasteiger partial charge in [-0.15, -0.1) is 0 Å². The first-order valence-corrected chi connectivity index (χ1v) is 8.93. The molecule has 2 atom stereocenters. The normalized spacial score (nSPS) is 23.5. The zero-order valence-electron chi connectivity index (χ0n) is 14.2. The van der Waals surface area contributed by atoms with Gasteiger partial charge >= 0.3 is 5.97 Å². The summed E-state index contributed by atoms with van der Waals surface area (Å²) in [5.41, 5.74) is 1.69. The van der Waals surface area contributed by atoms with E-state index in [0.717, 1.165) is 24.9 Å². The second-order valence-electron chi connectivity index (χ2n) is 7.01. The molecular weight excluding hydrogens is 320 g/mol. The van der Waals surface area contributed by atoms with Crippen molar-refractivity contribution in [2.45, 2.75) is 45.1 Å². The van der Waals surface area contributed by atoms with Crippen LogP contribution in [0.2, 0.25) is 0 Å². The summed E-state index contributed by atoms with van der Waals surface area (Å²) < 4.78 is 0. The van der Waals surface area contributed by atoms with Crippen LogP contribution in [-0.2, 0) is 20.9 Å². The van der Waals surface area contributed by atoms with Gasteiger partial charge in [-0.05, 0) is 49.8 Å². The van der Waals surface area contributed by atoms with Gasteiger partial charge in [0.25, 0.3) is 0 Å². The summed E-state index contributed by atoms with van der Waals surface area (Å²) in [6.07, 6.45) is 4.19. The van der Waals surface area contributed by atoms with Crippen molar-refractivity contribution < 1.29 is 19.5 Å². The van der Waals surface area contributed by atoms with Crippen molar-refractivity contribution in [3.05, 3.63) is 29.8 Å². The number of carbonyl (C=O) groups is 3. The molecule has 3 rings (SSSR count). The van der Waals surface area contributed by atoms with Crippen LogP contribution < -0.4 is 5.32 Å². The third-order valence-electron chi connectivity index (χ3n) is 5.14. The average Bonchev–Trinajstić information content (AvgIpc) is 3.08. The largest absolute Gasteiger partial charge is 0.481 e. The Bertz CT molecular complexity index is 673. The van der Waals surface area contributed by atoms with E-state index < -0.39 is 11.9 Å². The molecule has 6 nitrogen and oxygen atoms in total. The Hall–Kier alpha value is -2.37. The Morgan fingerprint density at radius 2 is 2.00 bits per heavy atom. The number of rotatable bonds is 5. The van der Waals surface area contributed by atoms with E-state index in [9.17, 15) is 14.4 Å². The third-order valence-corrected chi connectivity index (χ3v) is 5.14. The fraction of sp³-hybridized carbons (Fsp3) is 0.526. The van der Waals surface area contributed by atoms with Gasteiger partial charge in [0.2, 0.25) is 11.8 Å². The molecule has 1 aromatic rings. The first kappa shape index (κ1) is 17.5. The predicted molar refractivity (Wildman–Crippen MR) is 92.8 cm³/mol. The fourth-order valence-electron chi connectivity index (χ4n) is 3.69. The minimum atomic E-state index is -0.816. The summed E-state index contributed by atoms with van der Waals surface area (Å²) in [5, 5.41) is 11.9. The molecule has 1 saturated heterocycles. The molecule has 2 fully saturated rings. The van der Waals surface area contributed by atoms with Crippen molar-refractivity contribution in [2.75, 3.05) is 11.9 Å². The van der Waals surface area contributed by atoms with Gasteiger partial charge in [0, 0.05) is 31.1 Å². The molecule has 0 radical (unpaired) electrons. The lowest BCUT2D eigenvalue weighted by atomic mass is 10.0. The maximum absolute atomic E-state index is 12.4. The van der Waals surface area contributed by atoms with Crippen molar-refractivity contribution in [1.82, 2.24) is 4.90 Å². The highest BCUT2D eigenvalue weighted by Gasteiger charge is 2.33. The molecule has 2 amide bonds. The number of anilines is 1. The van der Waals surface area contributed by atoms with Crippen molar-refractivity contribution in [3.8, 4) is 0 Å². The highest BCUT2D eigenvalue weighted by molar-refractivity contribution is 5.93. The Balaban J connectivity index is 1.59. The molecule has 1 aliphatic heterocycles. The predicted octanol–water partition coefficient (Wildman–Crippen LogP) is 2.64. The Morgan fingerprint density at radius 1 is 1.20 bits per heavy atom. The molecule has 6 heteroatoms. The SMILES string of the molecule is O=C(O)[C@@H]1CC[C@H](C(=O)Nc2cccc(CN3CCCCC3=O)c2)C1. The Morgan fingerprint density at radius 3 is 2.72 bits per heavy atom. The average molecular weight is 344 g/mol. The molecule has 2 N–H and O–H groups in total. The van der Waals surface area contributed by atoms with Crippen LogP contribution in [-0.4, -0.2) is 34.3 Å². The number of nitrogens with one attached hydrogen (secondary N) is 1. The number of nitrogens with zero attached hydrogens (tertiary/aromatic N) is 1. The zero-order valence-corrected chi connectivity index (χ0v) is 14.2. The number of hydrogen-bond acceptors (Lipinski definition) is 3. The molecule has 1 saturated carbocycles. The monoisotopic (exact) mass is 344 g/mol. The van der Waals surface area contributed by atoms with Gasteiger partial charge in [0.05, 0.1) is 5.92 Å². The first-order chi connectivity index (χ1) is 12.0. The number of hydrogen-bond donors (Lipinski definition) is 2. The number of piperidine rings is 1. The third kappa shape index (κ3) is 4.38. The minimum Gasteiger partial charge on any atom is -0.481 e. The van der Waals surface area contributed by atoms with Gasteiger partial charge in [-0.2, -0.15) is 0 Å². The van der Waals surface area contributed by atoms with Crippen LogP contribution in [0.3, 0.4) is 0 Å². The second kappa shape index (κ2) is 7.68. The number of carboxylic acids is 1. The highest BCUT2D eigenvalue weighted by atomic mass is 16.4. The summed E-state index contributed by atoms with van der Waals surface area (Å²) in [6, 6.07) is 7.54. The van der Waals surface area contributed by atoms with E-state index in [1.165, 1.54) is 0 Å². The second-order valence-corrected chi connectivity index (χ2v) is 7.01. The number of benzene rings is 1. The fourth-order valence-corrected chi connectivity index (χ4v) is 3.69. The van der Waals surface area contributed by atoms with Crippen LogP contribution in [0.15, 0.2) is 24.3 Å². The molecule has 134 valence electrons.